The lowest BCUT2D eigenvalue weighted by atomic mass is 9.93. The molecule has 0 saturated heterocycles. The van der Waals surface area contributed by atoms with Crippen molar-refractivity contribution in [2.24, 2.45) is 0 Å². The molecule has 0 radical (unpaired) electrons. The second-order valence-electron chi connectivity index (χ2n) is 14.3. The molecule has 1 aliphatic carbocycles. The molecule has 2 heterocycles. The van der Waals surface area contributed by atoms with E-state index >= 15 is 0 Å². The number of rotatable bonds is 18. The van der Waals surface area contributed by atoms with E-state index in [1.54, 1.807) is 5.32 Å². The number of aromatic carboxylic acids is 2. The zero-order valence-electron chi connectivity index (χ0n) is 37.2. The van der Waals surface area contributed by atoms with Crippen molar-refractivity contribution >= 4 is 92.2 Å². The minimum Gasteiger partial charge on any atom is -0.494 e. The molecule has 20 nitrogen and oxygen atoms in total. The Morgan fingerprint density at radius 1 is 0.819 bits per heavy atom. The van der Waals surface area contributed by atoms with Crippen LogP contribution < -0.4 is 33.9 Å². The van der Waals surface area contributed by atoms with Crippen LogP contribution in [-0.4, -0.2) is 97.9 Å². The Morgan fingerprint density at radius 3 is 1.93 bits per heavy atom. The van der Waals surface area contributed by atoms with Gasteiger partial charge >= 0.3 is 37.2 Å². The summed E-state index contributed by atoms with van der Waals surface area (Å²) in [6.07, 6.45) is 5.40. The third-order valence-electron chi connectivity index (χ3n) is 9.42. The summed E-state index contributed by atoms with van der Waals surface area (Å²) in [7, 11) is -3.38. The molecule has 4 amide bonds. The van der Waals surface area contributed by atoms with Crippen LogP contribution in [0, 0.1) is 5.82 Å². The third-order valence-corrected chi connectivity index (χ3v) is 11.7. The number of benzene rings is 3. The number of methoxy groups -OCH3 is 1. The molecule has 0 unspecified atom stereocenters. The van der Waals surface area contributed by atoms with Gasteiger partial charge in [-0.05, 0) is 62.4 Å². The molecule has 4 N–H and O–H groups in total. The summed E-state index contributed by atoms with van der Waals surface area (Å²) < 4.78 is 113. The van der Waals surface area contributed by atoms with Gasteiger partial charge in [0, 0.05) is 17.2 Å². The van der Waals surface area contributed by atoms with Crippen LogP contribution in [0.25, 0.3) is 0 Å². The van der Waals surface area contributed by atoms with Gasteiger partial charge in [0.1, 0.15) is 22.0 Å². The van der Waals surface area contributed by atoms with Crippen molar-refractivity contribution in [3.05, 3.63) is 97.8 Å². The molecule has 0 bridgehead atoms. The number of sulfonamides is 1. The minimum atomic E-state index is -4.71. The first kappa shape index (κ1) is 57.5. The Bertz CT molecular complexity index is 2790. The molecule has 1 aromatic heterocycles. The summed E-state index contributed by atoms with van der Waals surface area (Å²) in [5, 5.41) is 19.8. The monoisotopic (exact) mass is 1100 g/mol. The molecule has 0 spiro atoms. The van der Waals surface area contributed by atoms with Gasteiger partial charge in [-0.1, -0.05) is 66.7 Å². The van der Waals surface area contributed by atoms with Gasteiger partial charge in [0.25, 0.3) is 21.8 Å². The Hall–Kier alpha value is -7.03. The van der Waals surface area contributed by atoms with Crippen LogP contribution in [0.15, 0.2) is 70.6 Å². The number of imide groups is 1. The van der Waals surface area contributed by atoms with Crippen LogP contribution in [0.1, 0.15) is 72.6 Å². The molecule has 388 valence electrons. The molecule has 6 rings (SSSR count). The maximum atomic E-state index is 14.5. The van der Waals surface area contributed by atoms with E-state index in [0.29, 0.717) is 36.7 Å². The number of anilines is 2. The Kier molecular flexibility index (Phi) is 21.1. The number of carbonyl (C=O) groups is 6. The fourth-order valence-electron chi connectivity index (χ4n) is 6.35. The van der Waals surface area contributed by atoms with E-state index in [9.17, 15) is 59.1 Å². The largest absolute Gasteiger partial charge is 0.494 e. The van der Waals surface area contributed by atoms with Crippen molar-refractivity contribution in [2.45, 2.75) is 70.0 Å². The summed E-state index contributed by atoms with van der Waals surface area (Å²) in [5.74, 6) is -7.94. The topological polar surface area (TPSA) is 276 Å². The molecule has 1 aliphatic heterocycles. The first-order valence-electron chi connectivity index (χ1n) is 20.6. The van der Waals surface area contributed by atoms with Gasteiger partial charge < -0.3 is 33.9 Å². The summed E-state index contributed by atoms with van der Waals surface area (Å²) in [6, 6.07) is 8.26. The van der Waals surface area contributed by atoms with Crippen molar-refractivity contribution in [1.82, 2.24) is 14.7 Å². The van der Waals surface area contributed by atoms with Gasteiger partial charge in [0.15, 0.2) is 12.4 Å². The average Bonchev–Trinajstić information content (AvgIpc) is 3.55. The maximum Gasteiger partial charge on any atom is 0.388 e. The number of ether oxygens (including phenoxy) is 5. The number of aromatic nitrogens is 2. The highest BCUT2D eigenvalue weighted by Gasteiger charge is 2.41. The Balaban J connectivity index is 0.000000252. The number of alkyl halides is 4. The molecule has 0 fully saturated rings. The lowest BCUT2D eigenvalue weighted by Crippen LogP contribution is -2.35. The first-order valence-corrected chi connectivity index (χ1v) is 23.2. The van der Waals surface area contributed by atoms with E-state index in [0.717, 1.165) is 55.2 Å². The SMILES string of the molecule is CCCCCOC(=O)COc1cc(N2C(=O)C3=C(CCCC3)C2=O)c(F)cc1Cl.COc1c(Cl)ccc(Cl)c1C(=O)O.O=C(Nc1nc(OC(F)F)cc(OC(F)F)n1)NS(=O)(=O)c1ccccc1C(=O)O. The van der Waals surface area contributed by atoms with Crippen molar-refractivity contribution < 1.29 is 93.0 Å². The van der Waals surface area contributed by atoms with E-state index in [2.05, 4.69) is 19.4 Å². The minimum absolute atomic E-state index is 0.000883. The number of halogens is 8. The molecule has 4 aromatic rings. The Labute approximate surface area is 419 Å². The maximum absolute atomic E-state index is 14.5. The quantitative estimate of drug-likeness (QED) is 0.0313. The molecule has 72 heavy (non-hydrogen) atoms. The second-order valence-corrected chi connectivity index (χ2v) is 17.2. The van der Waals surface area contributed by atoms with Gasteiger partial charge in [-0.2, -0.15) is 27.5 Å². The van der Waals surface area contributed by atoms with Gasteiger partial charge in [-0.3, -0.25) is 14.9 Å². The molecule has 0 atom stereocenters. The van der Waals surface area contributed by atoms with E-state index in [-0.39, 0.29) is 37.8 Å². The summed E-state index contributed by atoms with van der Waals surface area (Å²) in [6.45, 7) is -4.89. The number of nitrogens with one attached hydrogen (secondary N) is 2. The van der Waals surface area contributed by atoms with Crippen LogP contribution in [0.4, 0.5) is 38.4 Å². The van der Waals surface area contributed by atoms with Crippen molar-refractivity contribution in [3.8, 4) is 23.3 Å². The first-order chi connectivity index (χ1) is 34.0. The number of carboxylic acids is 2. The zero-order chi connectivity index (χ0) is 53.4. The number of amides is 4. The van der Waals surface area contributed by atoms with Crippen LogP contribution in [-0.2, 0) is 29.1 Å². The smallest absolute Gasteiger partial charge is 0.388 e. The van der Waals surface area contributed by atoms with E-state index < -0.39 is 99.6 Å². The van der Waals surface area contributed by atoms with Gasteiger partial charge in [0.2, 0.25) is 17.7 Å². The lowest BCUT2D eigenvalue weighted by Gasteiger charge is -2.18. The zero-order valence-corrected chi connectivity index (χ0v) is 40.3. The summed E-state index contributed by atoms with van der Waals surface area (Å²) >= 11 is 17.4. The number of unbranched alkanes of at least 4 members (excludes halogenated alkanes) is 2. The molecule has 3 aromatic carbocycles. The molecular weight excluding hydrogens is 1060 g/mol. The molecule has 2 aliphatic rings. The van der Waals surface area contributed by atoms with Crippen molar-refractivity contribution in [2.75, 3.05) is 30.5 Å². The predicted molar refractivity (Wildman–Crippen MR) is 243 cm³/mol. The van der Waals surface area contributed by atoms with Crippen molar-refractivity contribution in [3.63, 3.8) is 0 Å². The lowest BCUT2D eigenvalue weighted by molar-refractivity contribution is -0.146. The highest BCUT2D eigenvalue weighted by atomic mass is 35.5. The number of hydrogen-bond donors (Lipinski definition) is 4. The van der Waals surface area contributed by atoms with Gasteiger partial charge in [-0.25, -0.2) is 41.6 Å². The highest BCUT2D eigenvalue weighted by Crippen LogP contribution is 2.40. The second kappa shape index (κ2) is 26.4. The molecule has 0 saturated carbocycles. The van der Waals surface area contributed by atoms with E-state index in [1.165, 1.54) is 42.2 Å². The number of nitrogens with zero attached hydrogens (tertiary/aromatic N) is 3. The van der Waals surface area contributed by atoms with Crippen molar-refractivity contribution in [1.29, 1.82) is 0 Å². The van der Waals surface area contributed by atoms with Crippen LogP contribution in [0.5, 0.6) is 23.3 Å². The number of hydrogen-bond acceptors (Lipinski definition) is 15. The summed E-state index contributed by atoms with van der Waals surface area (Å²) in [5.41, 5.74) is -0.0850. The van der Waals surface area contributed by atoms with E-state index in [1.807, 2.05) is 6.92 Å². The predicted octanol–water partition coefficient (Wildman–Crippen LogP) is 8.92. The van der Waals surface area contributed by atoms with Gasteiger partial charge in [0.05, 0.1) is 46.1 Å². The fraction of sp³-hybridized carbons (Fsp3) is 0.302. The van der Waals surface area contributed by atoms with Crippen LogP contribution in [0.2, 0.25) is 15.1 Å². The fourth-order valence-corrected chi connectivity index (χ4v) is 8.13. The number of carboxylic acid groups (broad SMARTS) is 2. The number of carbonyl (C=O) groups excluding carboxylic acids is 4. The van der Waals surface area contributed by atoms with Crippen LogP contribution >= 0.6 is 34.8 Å². The van der Waals surface area contributed by atoms with Crippen LogP contribution in [0.3, 0.4) is 0 Å². The van der Waals surface area contributed by atoms with E-state index in [4.69, 9.17) is 59.2 Å². The average molecular weight is 1100 g/mol. The standard InChI is InChI=1S/C21H23ClFNO5.C14H10F4N4O7S.C8H6Cl2O3/c1-2-3-6-9-28-19(25)12-29-18-11-17(16(23)10-15(18)22)24-20(26)13-7-4-5-8-14(13)21(24)27;15-11(16)28-8-5-9(29-12(17)18)20-13(19-8)21-14(25)22-30(26,27)7-4-2-1-3-6(7)10(23)24;1-13-7-5(10)3-2-4(9)6(7)8(11)12/h10-11H,2-9,12H2,1H3;1-5,11-12H,(H,23,24)(H2,19,20,21,22,25);2-3H,1H3,(H,11,12). The Morgan fingerprint density at radius 2 is 1.40 bits per heavy atom. The summed E-state index contributed by atoms with van der Waals surface area (Å²) in [4.78, 5) is 77.5. The number of esters is 1. The highest BCUT2D eigenvalue weighted by molar-refractivity contribution is 7.90. The number of urea groups is 1. The molecule has 29 heteroatoms. The third kappa shape index (κ3) is 15.7. The normalized spacial score (nSPS) is 13.0. The van der Waals surface area contributed by atoms with Gasteiger partial charge in [-0.15, -0.1) is 0 Å². The molecular formula is C43H39Cl3F5N5O15S.